The molecule has 1 aromatic carbocycles. The van der Waals surface area contributed by atoms with Crippen LogP contribution in [0, 0.1) is 10.1 Å². The largest absolute Gasteiger partial charge is 0.480 e. The number of carboxylic acids is 1. The van der Waals surface area contributed by atoms with E-state index in [0.717, 1.165) is 5.56 Å². The number of nitrogens with zero attached hydrogens (tertiary/aromatic N) is 3. The summed E-state index contributed by atoms with van der Waals surface area (Å²) in [6, 6.07) is 7.02. The number of guanidine groups is 1. The summed E-state index contributed by atoms with van der Waals surface area (Å²) in [7, 11) is 0. The Hall–Kier alpha value is -4.43. The van der Waals surface area contributed by atoms with Gasteiger partial charge in [-0.25, -0.2) is 24.7 Å². The predicted molar refractivity (Wildman–Crippen MR) is 129 cm³/mol. The minimum Gasteiger partial charge on any atom is -0.480 e. The average molecular weight is 522 g/mol. The molecule has 1 fully saturated rings. The van der Waals surface area contributed by atoms with E-state index < -0.39 is 47.0 Å². The van der Waals surface area contributed by atoms with E-state index in [1.807, 2.05) is 18.2 Å². The molecule has 1 heterocycles. The third kappa shape index (κ3) is 10.4. The van der Waals surface area contributed by atoms with Crippen molar-refractivity contribution in [2.45, 2.75) is 50.8 Å². The number of benzene rings is 1. The number of hydrogen-bond acceptors (Lipinski definition) is 8. The quantitative estimate of drug-likeness (QED) is 0.0752. The zero-order valence-corrected chi connectivity index (χ0v) is 20.1. The summed E-state index contributed by atoms with van der Waals surface area (Å²) in [6.07, 6.45) is 0.298. The van der Waals surface area contributed by atoms with Gasteiger partial charge in [0, 0.05) is 26.1 Å². The first-order valence-electron chi connectivity index (χ1n) is 11.7. The summed E-state index contributed by atoms with van der Waals surface area (Å²) in [4.78, 5) is 64.3. The molecule has 1 aliphatic rings. The molecule has 0 saturated carbocycles. The topological polar surface area (TPSA) is 219 Å². The van der Waals surface area contributed by atoms with Crippen molar-refractivity contribution < 1.29 is 34.1 Å². The summed E-state index contributed by atoms with van der Waals surface area (Å²) in [5.74, 6) is -2.62. The molecule has 15 heteroatoms. The normalized spacial score (nSPS) is 15.9. The van der Waals surface area contributed by atoms with Crippen molar-refractivity contribution in [1.82, 2.24) is 21.0 Å². The lowest BCUT2D eigenvalue weighted by atomic mass is 10.1. The summed E-state index contributed by atoms with van der Waals surface area (Å²) in [6.45, 7) is 0.299. The fraction of sp³-hybridized carbons (Fsp3) is 0.500. The van der Waals surface area contributed by atoms with Gasteiger partial charge in [-0.1, -0.05) is 35.8 Å². The van der Waals surface area contributed by atoms with Crippen LogP contribution in [0.2, 0.25) is 0 Å². The monoisotopic (exact) mass is 521 g/mol. The third-order valence-corrected chi connectivity index (χ3v) is 5.43. The second-order valence-corrected chi connectivity index (χ2v) is 8.16. The van der Waals surface area contributed by atoms with Gasteiger partial charge in [0.05, 0.1) is 0 Å². The number of aliphatic carboxylic acids is 1. The number of amides is 3. The Morgan fingerprint density at radius 3 is 2.68 bits per heavy atom. The van der Waals surface area contributed by atoms with E-state index in [9.17, 15) is 34.4 Å². The summed E-state index contributed by atoms with van der Waals surface area (Å²) >= 11 is 0. The molecule has 1 aromatic rings. The zero-order valence-electron chi connectivity index (χ0n) is 20.1. The average Bonchev–Trinajstić information content (AvgIpc) is 3.35. The van der Waals surface area contributed by atoms with Crippen LogP contribution in [0.5, 0.6) is 0 Å². The number of ether oxygens (including phenoxy) is 1. The highest BCUT2D eigenvalue weighted by Gasteiger charge is 2.37. The van der Waals surface area contributed by atoms with Gasteiger partial charge in [0.25, 0.3) is 5.96 Å². The lowest BCUT2D eigenvalue weighted by Crippen LogP contribution is -2.52. The maximum Gasteiger partial charge on any atom is 0.407 e. The number of hydrogen-bond donors (Lipinski definition) is 5. The highest BCUT2D eigenvalue weighted by molar-refractivity contribution is 5.91. The molecule has 2 rings (SSSR count). The maximum atomic E-state index is 13.1. The first kappa shape index (κ1) is 28.8. The lowest BCUT2D eigenvalue weighted by molar-refractivity contribution is -0.525. The summed E-state index contributed by atoms with van der Waals surface area (Å²) in [5, 5.41) is 24.0. The fourth-order valence-electron chi connectivity index (χ4n) is 3.69. The van der Waals surface area contributed by atoms with Gasteiger partial charge in [-0.2, -0.15) is 0 Å². The lowest BCUT2D eigenvalue weighted by Gasteiger charge is -2.27. The molecule has 0 bridgehead atoms. The molecule has 202 valence electrons. The van der Waals surface area contributed by atoms with Crippen LogP contribution in [0.4, 0.5) is 4.79 Å². The standard InChI is InChI=1S/C22H31N7O8/c23-21(27-29(35)36)24-11-4-8-16(19(31)28-13-5-9-17(28)20(32)33)26-18(30)10-12-25-22(34)37-14-15-6-2-1-3-7-15/h1-3,6-7,16-17H,4-5,8-14H2,(H,25,34)(H,26,30)(H,32,33)(H3,23,24,27)/t16-,17-/m0/s1. The number of likely N-dealkylation sites (tertiary alicyclic amines) is 1. The summed E-state index contributed by atoms with van der Waals surface area (Å²) in [5.41, 5.74) is 7.86. The summed E-state index contributed by atoms with van der Waals surface area (Å²) < 4.78 is 5.07. The van der Waals surface area contributed by atoms with Gasteiger partial charge in [-0.05, 0) is 31.2 Å². The number of hydrazine groups is 1. The van der Waals surface area contributed by atoms with Crippen molar-refractivity contribution in [3.8, 4) is 0 Å². The Kier molecular flexibility index (Phi) is 11.6. The van der Waals surface area contributed by atoms with Crippen LogP contribution in [0.15, 0.2) is 35.3 Å². The number of rotatable bonds is 13. The molecule has 3 amide bonds. The van der Waals surface area contributed by atoms with Crippen molar-refractivity contribution in [2.75, 3.05) is 19.6 Å². The fourth-order valence-corrected chi connectivity index (χ4v) is 3.69. The Labute approximate surface area is 212 Å². The number of aliphatic imine (C=N–C) groups is 1. The van der Waals surface area contributed by atoms with Gasteiger partial charge in [0.2, 0.25) is 11.8 Å². The van der Waals surface area contributed by atoms with Crippen molar-refractivity contribution in [3.05, 3.63) is 46.0 Å². The molecule has 37 heavy (non-hydrogen) atoms. The molecular formula is C22H31N7O8. The second kappa shape index (κ2) is 14.9. The molecule has 0 spiro atoms. The first-order chi connectivity index (χ1) is 17.7. The van der Waals surface area contributed by atoms with Crippen molar-refractivity contribution in [2.24, 2.45) is 10.7 Å². The maximum absolute atomic E-state index is 13.1. The van der Waals surface area contributed by atoms with Crippen LogP contribution in [0.25, 0.3) is 0 Å². The van der Waals surface area contributed by atoms with E-state index in [0.29, 0.717) is 12.8 Å². The number of carboxylic acid groups (broad SMARTS) is 1. The molecule has 1 aliphatic heterocycles. The van der Waals surface area contributed by atoms with Crippen molar-refractivity contribution in [3.63, 3.8) is 0 Å². The Morgan fingerprint density at radius 1 is 1.27 bits per heavy atom. The van der Waals surface area contributed by atoms with Gasteiger partial charge in [0.1, 0.15) is 18.7 Å². The van der Waals surface area contributed by atoms with E-state index in [2.05, 4.69) is 15.6 Å². The second-order valence-electron chi connectivity index (χ2n) is 8.16. The minimum atomic E-state index is -1.13. The zero-order chi connectivity index (χ0) is 27.2. The van der Waals surface area contributed by atoms with Gasteiger partial charge in [-0.15, -0.1) is 0 Å². The van der Waals surface area contributed by atoms with Crippen LogP contribution in [-0.2, 0) is 25.7 Å². The highest BCUT2D eigenvalue weighted by atomic mass is 16.7. The molecule has 0 aromatic heterocycles. The Bertz CT molecular complexity index is 989. The van der Waals surface area contributed by atoms with E-state index in [4.69, 9.17) is 10.5 Å². The number of carbonyl (C=O) groups is 4. The van der Waals surface area contributed by atoms with E-state index in [-0.39, 0.29) is 45.5 Å². The molecule has 0 radical (unpaired) electrons. The molecule has 0 aliphatic carbocycles. The number of alkyl carbamates (subject to hydrolysis) is 1. The Balaban J connectivity index is 1.87. The minimum absolute atomic E-state index is 0.0312. The van der Waals surface area contributed by atoms with Crippen LogP contribution in [-0.4, -0.2) is 76.6 Å². The van der Waals surface area contributed by atoms with Crippen LogP contribution >= 0.6 is 0 Å². The third-order valence-electron chi connectivity index (χ3n) is 5.43. The van der Waals surface area contributed by atoms with Crippen molar-refractivity contribution in [1.29, 1.82) is 0 Å². The number of nitrogens with two attached hydrogens (primary N) is 1. The molecule has 2 atom stereocenters. The van der Waals surface area contributed by atoms with Crippen LogP contribution < -0.4 is 21.8 Å². The van der Waals surface area contributed by atoms with Gasteiger partial charge in [-0.3, -0.25) is 9.59 Å². The highest BCUT2D eigenvalue weighted by Crippen LogP contribution is 2.19. The molecular weight excluding hydrogens is 490 g/mol. The van der Waals surface area contributed by atoms with E-state index in [1.54, 1.807) is 17.6 Å². The Morgan fingerprint density at radius 2 is 2.00 bits per heavy atom. The first-order valence-corrected chi connectivity index (χ1v) is 11.7. The predicted octanol–water partition coefficient (Wildman–Crippen LogP) is -0.260. The number of nitro groups is 1. The molecule has 6 N–H and O–H groups in total. The molecule has 0 unspecified atom stereocenters. The van der Waals surface area contributed by atoms with E-state index in [1.165, 1.54) is 4.90 Å². The SMILES string of the molecule is NC(=NCCC[C@H](NC(=O)CCNC(=O)OCc1ccccc1)C(=O)N1CCC[C@H]1C(=O)O)N[N+](=O)[O-]. The van der Waals surface area contributed by atoms with Crippen LogP contribution in [0.1, 0.15) is 37.7 Å². The smallest absolute Gasteiger partial charge is 0.407 e. The number of nitrogens with one attached hydrogen (secondary N) is 3. The molecule has 1 saturated heterocycles. The van der Waals surface area contributed by atoms with Gasteiger partial charge in [0.15, 0.2) is 5.03 Å². The van der Waals surface area contributed by atoms with Crippen molar-refractivity contribution >= 4 is 29.8 Å². The van der Waals surface area contributed by atoms with Gasteiger partial charge < -0.3 is 31.1 Å². The van der Waals surface area contributed by atoms with Crippen LogP contribution in [0.3, 0.4) is 0 Å². The number of carbonyl (C=O) groups excluding carboxylic acids is 3. The van der Waals surface area contributed by atoms with Gasteiger partial charge >= 0.3 is 12.1 Å². The molecule has 15 nitrogen and oxygen atoms in total. The van der Waals surface area contributed by atoms with E-state index >= 15 is 0 Å².